The first kappa shape index (κ1) is 22.4. The predicted octanol–water partition coefficient (Wildman–Crippen LogP) is 0.574. The zero-order chi connectivity index (χ0) is 23.3. The highest BCUT2D eigenvalue weighted by atomic mass is 16.8. The van der Waals surface area contributed by atoms with Crippen molar-refractivity contribution in [3.05, 3.63) is 68.0 Å². The number of fused-ring (bicyclic) bond motifs is 1. The maximum absolute atomic E-state index is 12.6. The third-order valence-corrected chi connectivity index (χ3v) is 5.72. The molecule has 0 saturated carbocycles. The number of nitrogens with one attached hydrogen (secondary N) is 1. The summed E-state index contributed by atoms with van der Waals surface area (Å²) in [6, 6.07) is 6.93. The highest BCUT2D eigenvalue weighted by Crippen LogP contribution is 2.46. The van der Waals surface area contributed by atoms with Crippen LogP contribution in [0.25, 0.3) is 0 Å². The summed E-state index contributed by atoms with van der Waals surface area (Å²) in [7, 11) is 0. The number of hydrogen-bond donors (Lipinski definition) is 2. The minimum atomic E-state index is -1.68. The molecule has 2 aliphatic rings. The molecule has 4 atom stereocenters. The molecule has 2 aliphatic heterocycles. The molecule has 3 heterocycles. The Hall–Kier alpha value is -2.79. The first-order chi connectivity index (χ1) is 15.1. The van der Waals surface area contributed by atoms with Gasteiger partial charge in [0, 0.05) is 11.8 Å². The largest absolute Gasteiger partial charge is 0.459 e. The van der Waals surface area contributed by atoms with Gasteiger partial charge >= 0.3 is 11.7 Å². The number of aliphatic hydroxyl groups excluding tert-OH is 1. The number of benzene rings is 1. The van der Waals surface area contributed by atoms with E-state index in [-0.39, 0.29) is 12.2 Å². The molecular weight excluding hydrogens is 420 g/mol. The molecule has 10 heteroatoms. The normalized spacial score (nSPS) is 28.5. The molecule has 4 rings (SSSR count). The Morgan fingerprint density at radius 1 is 1.16 bits per heavy atom. The third kappa shape index (κ3) is 3.79. The highest BCUT2D eigenvalue weighted by Gasteiger charge is 2.64. The van der Waals surface area contributed by atoms with Crippen molar-refractivity contribution in [3.8, 4) is 0 Å². The van der Waals surface area contributed by atoms with Crippen LogP contribution in [0.1, 0.15) is 35.3 Å². The van der Waals surface area contributed by atoms with E-state index in [2.05, 4.69) is 4.98 Å². The quantitative estimate of drug-likeness (QED) is 0.638. The van der Waals surface area contributed by atoms with Crippen LogP contribution in [0.4, 0.5) is 0 Å². The molecule has 2 N–H and O–H groups in total. The minimum Gasteiger partial charge on any atom is -0.459 e. The van der Waals surface area contributed by atoms with Crippen molar-refractivity contribution in [1.29, 1.82) is 0 Å². The zero-order valence-electron chi connectivity index (χ0n) is 18.3. The van der Waals surface area contributed by atoms with Crippen LogP contribution < -0.4 is 11.2 Å². The number of ether oxygens (including phenoxy) is 4. The number of esters is 1. The van der Waals surface area contributed by atoms with Crippen molar-refractivity contribution < 1.29 is 28.8 Å². The highest BCUT2D eigenvalue weighted by molar-refractivity contribution is 5.89. The lowest BCUT2D eigenvalue weighted by molar-refractivity contribution is -0.244. The van der Waals surface area contributed by atoms with E-state index in [0.717, 1.165) is 10.1 Å². The number of rotatable bonds is 5. The molecule has 0 bridgehead atoms. The van der Waals surface area contributed by atoms with Gasteiger partial charge in [0.15, 0.2) is 5.79 Å². The van der Waals surface area contributed by atoms with Gasteiger partial charge in [-0.2, -0.15) is 0 Å². The SMILES string of the molecule is Cc1ccc(C(=O)OC[C@H]2O[C@@](CO)(n3cc(C)c(=O)[nH]c3=O)[C@@H]3OC(C)(C)O[C@@H]32)cc1. The Morgan fingerprint density at radius 3 is 2.50 bits per heavy atom. The molecule has 172 valence electrons. The zero-order valence-corrected chi connectivity index (χ0v) is 18.3. The van der Waals surface area contributed by atoms with Crippen molar-refractivity contribution in [2.75, 3.05) is 13.2 Å². The van der Waals surface area contributed by atoms with Gasteiger partial charge < -0.3 is 24.1 Å². The van der Waals surface area contributed by atoms with Crippen LogP contribution in [0.3, 0.4) is 0 Å². The first-order valence-corrected chi connectivity index (χ1v) is 10.3. The average molecular weight is 446 g/mol. The number of hydrogen-bond acceptors (Lipinski definition) is 8. The molecule has 1 aromatic heterocycles. The lowest BCUT2D eigenvalue weighted by Crippen LogP contribution is -2.54. The van der Waals surface area contributed by atoms with Gasteiger partial charge in [0.05, 0.1) is 12.2 Å². The summed E-state index contributed by atoms with van der Waals surface area (Å²) in [5.74, 6) is -1.57. The molecule has 32 heavy (non-hydrogen) atoms. The molecule has 2 fully saturated rings. The number of aromatic amines is 1. The van der Waals surface area contributed by atoms with Gasteiger partial charge in [-0.05, 0) is 39.8 Å². The van der Waals surface area contributed by atoms with Gasteiger partial charge in [-0.15, -0.1) is 0 Å². The summed E-state index contributed by atoms with van der Waals surface area (Å²) < 4.78 is 24.6. The molecule has 0 spiro atoms. The number of aromatic nitrogens is 2. The van der Waals surface area contributed by atoms with Crippen molar-refractivity contribution in [3.63, 3.8) is 0 Å². The smallest absolute Gasteiger partial charge is 0.338 e. The monoisotopic (exact) mass is 446 g/mol. The molecule has 2 saturated heterocycles. The van der Waals surface area contributed by atoms with Crippen LogP contribution in [-0.2, 0) is 24.7 Å². The summed E-state index contributed by atoms with van der Waals surface area (Å²) in [6.07, 6.45) is -1.15. The Bertz CT molecular complexity index is 1140. The van der Waals surface area contributed by atoms with Gasteiger partial charge in [0.25, 0.3) is 5.56 Å². The summed E-state index contributed by atoms with van der Waals surface area (Å²) in [6.45, 7) is 6.01. The fraction of sp³-hybridized carbons (Fsp3) is 0.500. The van der Waals surface area contributed by atoms with E-state index in [1.165, 1.54) is 13.1 Å². The lowest BCUT2D eigenvalue weighted by Gasteiger charge is -2.34. The fourth-order valence-corrected chi connectivity index (χ4v) is 4.11. The number of nitrogens with zero attached hydrogens (tertiary/aromatic N) is 1. The number of carbonyl (C=O) groups is 1. The van der Waals surface area contributed by atoms with Gasteiger partial charge in [-0.25, -0.2) is 9.59 Å². The van der Waals surface area contributed by atoms with Crippen molar-refractivity contribution in [2.24, 2.45) is 0 Å². The van der Waals surface area contributed by atoms with Gasteiger partial charge in [0.1, 0.15) is 24.9 Å². The molecular formula is C22H26N2O8. The topological polar surface area (TPSA) is 129 Å². The standard InChI is InChI=1S/C22H26N2O8/c1-12-5-7-14(8-6-12)19(27)29-10-15-16-17(32-21(3,4)31-16)22(11-25,30-15)24-9-13(2)18(26)23-20(24)28/h5-9,15-17,25H,10-11H2,1-4H3,(H,23,26,28)/t15-,16-,17-,22-/m1/s1. The second-order valence-electron chi connectivity index (χ2n) is 8.59. The minimum absolute atomic E-state index is 0.188. The molecule has 1 aromatic carbocycles. The summed E-state index contributed by atoms with van der Waals surface area (Å²) >= 11 is 0. The van der Waals surface area contributed by atoms with E-state index >= 15 is 0 Å². The van der Waals surface area contributed by atoms with E-state index in [9.17, 15) is 19.5 Å². The van der Waals surface area contributed by atoms with E-state index < -0.39 is 53.6 Å². The second-order valence-corrected chi connectivity index (χ2v) is 8.59. The number of H-pyrrole nitrogens is 1. The summed E-state index contributed by atoms with van der Waals surface area (Å²) in [5.41, 5.74) is -1.33. The Balaban J connectivity index is 1.64. The van der Waals surface area contributed by atoms with Crippen molar-refractivity contribution in [1.82, 2.24) is 9.55 Å². The molecule has 0 radical (unpaired) electrons. The third-order valence-electron chi connectivity index (χ3n) is 5.72. The van der Waals surface area contributed by atoms with Crippen LogP contribution in [-0.4, -0.2) is 57.9 Å². The van der Waals surface area contributed by atoms with Crippen LogP contribution in [0.2, 0.25) is 0 Å². The van der Waals surface area contributed by atoms with Gasteiger partial charge in [-0.3, -0.25) is 14.3 Å². The van der Waals surface area contributed by atoms with Gasteiger partial charge in [0.2, 0.25) is 5.72 Å². The van der Waals surface area contributed by atoms with Crippen molar-refractivity contribution in [2.45, 2.75) is 57.5 Å². The molecule has 2 aromatic rings. The summed E-state index contributed by atoms with van der Waals surface area (Å²) in [4.78, 5) is 39.1. The van der Waals surface area contributed by atoms with E-state index in [0.29, 0.717) is 5.56 Å². The summed E-state index contributed by atoms with van der Waals surface area (Å²) in [5, 5.41) is 10.4. The Labute approximate surface area is 183 Å². The fourth-order valence-electron chi connectivity index (χ4n) is 4.11. The molecule has 0 aliphatic carbocycles. The van der Waals surface area contributed by atoms with Crippen LogP contribution >= 0.6 is 0 Å². The molecule has 0 amide bonds. The second kappa shape index (κ2) is 7.96. The Morgan fingerprint density at radius 2 is 1.84 bits per heavy atom. The lowest BCUT2D eigenvalue weighted by atomic mass is 10.0. The maximum atomic E-state index is 12.6. The number of aryl methyl sites for hydroxylation is 2. The van der Waals surface area contributed by atoms with E-state index in [1.807, 2.05) is 6.92 Å². The Kier molecular flexibility index (Phi) is 5.58. The number of carbonyl (C=O) groups excluding carboxylic acids is 1. The van der Waals surface area contributed by atoms with E-state index in [4.69, 9.17) is 18.9 Å². The predicted molar refractivity (Wildman–Crippen MR) is 111 cm³/mol. The average Bonchev–Trinajstić information content (AvgIpc) is 3.21. The number of aliphatic hydroxyl groups is 1. The van der Waals surface area contributed by atoms with Crippen LogP contribution in [0.15, 0.2) is 40.1 Å². The van der Waals surface area contributed by atoms with Gasteiger partial charge in [-0.1, -0.05) is 17.7 Å². The van der Waals surface area contributed by atoms with E-state index in [1.54, 1.807) is 38.1 Å². The molecule has 10 nitrogen and oxygen atoms in total. The van der Waals surface area contributed by atoms with Crippen LogP contribution in [0.5, 0.6) is 0 Å². The van der Waals surface area contributed by atoms with Crippen LogP contribution in [0, 0.1) is 13.8 Å². The first-order valence-electron chi connectivity index (χ1n) is 10.3. The molecule has 0 unspecified atom stereocenters. The van der Waals surface area contributed by atoms with Crippen molar-refractivity contribution >= 4 is 5.97 Å². The maximum Gasteiger partial charge on any atom is 0.338 e.